The van der Waals surface area contributed by atoms with E-state index in [9.17, 15) is 0 Å². The highest BCUT2D eigenvalue weighted by Gasteiger charge is 2.43. The molecule has 0 aliphatic heterocycles. The fraction of sp³-hybridized carbons (Fsp3) is 1.00. The zero-order valence-electron chi connectivity index (χ0n) is 10.4. The Morgan fingerprint density at radius 3 is 2.00 bits per heavy atom. The van der Waals surface area contributed by atoms with Crippen LogP contribution in [0.5, 0.6) is 0 Å². The molecule has 1 heteroatoms. The number of hydrogen-bond acceptors (Lipinski definition) is 1. The first kappa shape index (κ1) is 12.0. The number of hydrogen-bond donors (Lipinski definition) is 1. The molecule has 0 spiro atoms. The van der Waals surface area contributed by atoms with Crippen LogP contribution in [0.2, 0.25) is 0 Å². The highest BCUT2D eigenvalue weighted by molar-refractivity contribution is 4.94. The molecule has 2 N–H and O–H groups in total. The van der Waals surface area contributed by atoms with Crippen LogP contribution < -0.4 is 5.73 Å². The average molecular weight is 197 g/mol. The zero-order chi connectivity index (χ0) is 10.8. The van der Waals surface area contributed by atoms with Crippen molar-refractivity contribution in [1.29, 1.82) is 0 Å². The van der Waals surface area contributed by atoms with Crippen molar-refractivity contribution >= 4 is 0 Å². The Labute approximate surface area is 89.5 Å². The molecule has 1 aliphatic rings. The Bertz CT molecular complexity index is 172. The van der Waals surface area contributed by atoms with Crippen molar-refractivity contribution in [3.63, 3.8) is 0 Å². The lowest BCUT2D eigenvalue weighted by atomic mass is 9.62. The molecule has 84 valence electrons. The maximum absolute atomic E-state index is 6.00. The van der Waals surface area contributed by atoms with Crippen LogP contribution in [0, 0.1) is 16.7 Å². The Morgan fingerprint density at radius 1 is 1.21 bits per heavy atom. The highest BCUT2D eigenvalue weighted by atomic mass is 14.6. The minimum atomic E-state index is 0.370. The van der Waals surface area contributed by atoms with Gasteiger partial charge < -0.3 is 5.73 Å². The van der Waals surface area contributed by atoms with E-state index in [1.165, 1.54) is 32.1 Å². The van der Waals surface area contributed by atoms with Gasteiger partial charge in [0.2, 0.25) is 0 Å². The van der Waals surface area contributed by atoms with Gasteiger partial charge in [-0.25, -0.2) is 0 Å². The maximum Gasteiger partial charge on any atom is -0.00385 e. The van der Waals surface area contributed by atoms with E-state index in [-0.39, 0.29) is 0 Å². The van der Waals surface area contributed by atoms with Gasteiger partial charge in [0.15, 0.2) is 0 Å². The quantitative estimate of drug-likeness (QED) is 0.735. The molecule has 1 atom stereocenters. The van der Waals surface area contributed by atoms with Crippen LogP contribution in [-0.4, -0.2) is 6.54 Å². The summed E-state index contributed by atoms with van der Waals surface area (Å²) < 4.78 is 0. The van der Waals surface area contributed by atoms with Crippen LogP contribution >= 0.6 is 0 Å². The van der Waals surface area contributed by atoms with E-state index in [1.54, 1.807) is 0 Å². The van der Waals surface area contributed by atoms with Gasteiger partial charge in [-0.3, -0.25) is 0 Å². The average Bonchev–Trinajstić information content (AvgIpc) is 2.53. The molecule has 1 fully saturated rings. The predicted molar refractivity (Wildman–Crippen MR) is 63.2 cm³/mol. The first-order valence-electron chi connectivity index (χ1n) is 6.16. The first-order valence-corrected chi connectivity index (χ1v) is 6.16. The molecule has 0 bridgehead atoms. The van der Waals surface area contributed by atoms with E-state index in [1.807, 2.05) is 0 Å². The summed E-state index contributed by atoms with van der Waals surface area (Å²) in [7, 11) is 0. The molecule has 1 nitrogen and oxygen atoms in total. The van der Waals surface area contributed by atoms with Crippen molar-refractivity contribution in [3.8, 4) is 0 Å². The van der Waals surface area contributed by atoms with Crippen molar-refractivity contribution in [2.24, 2.45) is 22.5 Å². The normalized spacial score (nSPS) is 23.8. The van der Waals surface area contributed by atoms with E-state index >= 15 is 0 Å². The van der Waals surface area contributed by atoms with E-state index < -0.39 is 0 Å². The van der Waals surface area contributed by atoms with Crippen molar-refractivity contribution in [1.82, 2.24) is 0 Å². The first-order chi connectivity index (χ1) is 6.46. The second kappa shape index (κ2) is 4.22. The van der Waals surface area contributed by atoms with Gasteiger partial charge in [0.1, 0.15) is 0 Å². The number of nitrogens with two attached hydrogens (primary N) is 1. The summed E-state index contributed by atoms with van der Waals surface area (Å²) in [6.45, 7) is 10.2. The van der Waals surface area contributed by atoms with Crippen molar-refractivity contribution in [2.45, 2.75) is 59.8 Å². The molecule has 0 aromatic carbocycles. The van der Waals surface area contributed by atoms with Crippen LogP contribution in [0.15, 0.2) is 0 Å². The van der Waals surface area contributed by atoms with Gasteiger partial charge in [-0.15, -0.1) is 0 Å². The van der Waals surface area contributed by atoms with E-state index in [0.29, 0.717) is 16.7 Å². The number of rotatable bonds is 3. The third-order valence-corrected chi connectivity index (χ3v) is 4.32. The van der Waals surface area contributed by atoms with Gasteiger partial charge in [0.05, 0.1) is 0 Å². The second-order valence-electron chi connectivity index (χ2n) is 6.08. The fourth-order valence-corrected chi connectivity index (χ4v) is 3.55. The summed E-state index contributed by atoms with van der Waals surface area (Å²) >= 11 is 0. The molecular formula is C13H27N. The van der Waals surface area contributed by atoms with E-state index in [0.717, 1.165) is 6.54 Å². The van der Waals surface area contributed by atoms with Crippen LogP contribution in [0.4, 0.5) is 0 Å². The van der Waals surface area contributed by atoms with E-state index in [2.05, 4.69) is 27.7 Å². The van der Waals surface area contributed by atoms with Gasteiger partial charge in [-0.05, 0) is 36.1 Å². The molecular weight excluding hydrogens is 170 g/mol. The minimum absolute atomic E-state index is 0.370. The van der Waals surface area contributed by atoms with E-state index in [4.69, 9.17) is 5.73 Å². The summed E-state index contributed by atoms with van der Waals surface area (Å²) in [6.07, 6.45) is 6.96. The Balaban J connectivity index is 2.85. The molecule has 0 saturated heterocycles. The Kier molecular flexibility index (Phi) is 3.63. The lowest BCUT2D eigenvalue weighted by Gasteiger charge is -2.44. The lowest BCUT2D eigenvalue weighted by Crippen LogP contribution is -2.41. The monoisotopic (exact) mass is 197 g/mol. The summed E-state index contributed by atoms with van der Waals surface area (Å²) in [5.74, 6) is 0.697. The third kappa shape index (κ3) is 2.13. The Hall–Kier alpha value is -0.0400. The molecule has 14 heavy (non-hydrogen) atoms. The maximum atomic E-state index is 6.00. The molecule has 0 aromatic heterocycles. The summed E-state index contributed by atoms with van der Waals surface area (Å²) in [6, 6.07) is 0. The Morgan fingerprint density at radius 2 is 1.71 bits per heavy atom. The molecule has 0 aromatic rings. The van der Waals surface area contributed by atoms with Gasteiger partial charge in [-0.2, -0.15) is 0 Å². The molecule has 1 rings (SSSR count). The van der Waals surface area contributed by atoms with Crippen molar-refractivity contribution in [2.75, 3.05) is 6.54 Å². The van der Waals surface area contributed by atoms with Crippen LogP contribution in [-0.2, 0) is 0 Å². The van der Waals surface area contributed by atoms with Gasteiger partial charge >= 0.3 is 0 Å². The zero-order valence-corrected chi connectivity index (χ0v) is 10.4. The summed E-state index contributed by atoms with van der Waals surface area (Å²) in [5, 5.41) is 0. The fourth-order valence-electron chi connectivity index (χ4n) is 3.55. The molecule has 0 radical (unpaired) electrons. The van der Waals surface area contributed by atoms with Gasteiger partial charge in [0.25, 0.3) is 0 Å². The van der Waals surface area contributed by atoms with Crippen LogP contribution in [0.3, 0.4) is 0 Å². The van der Waals surface area contributed by atoms with Gasteiger partial charge in [0, 0.05) is 0 Å². The van der Waals surface area contributed by atoms with Gasteiger partial charge in [-0.1, -0.05) is 47.0 Å². The molecule has 0 amide bonds. The second-order valence-corrected chi connectivity index (χ2v) is 6.08. The summed E-state index contributed by atoms with van der Waals surface area (Å²) in [4.78, 5) is 0. The topological polar surface area (TPSA) is 26.0 Å². The SMILES string of the molecule is CCC1(C(CN)C(C)(C)C)CCCC1. The molecule has 1 saturated carbocycles. The molecule has 1 unspecified atom stereocenters. The molecule has 1 aliphatic carbocycles. The smallest absolute Gasteiger partial charge is 0.00385 e. The standard InChI is InChI=1S/C13H27N/c1-5-13(8-6-7-9-13)11(10-14)12(2,3)4/h11H,5-10,14H2,1-4H3. The van der Waals surface area contributed by atoms with Crippen LogP contribution in [0.25, 0.3) is 0 Å². The van der Waals surface area contributed by atoms with Crippen molar-refractivity contribution in [3.05, 3.63) is 0 Å². The predicted octanol–water partition coefficient (Wildman–Crippen LogP) is 3.58. The summed E-state index contributed by atoms with van der Waals surface area (Å²) in [5.41, 5.74) is 6.93. The third-order valence-electron chi connectivity index (χ3n) is 4.32. The molecule has 0 heterocycles. The lowest BCUT2D eigenvalue weighted by molar-refractivity contribution is 0.0622. The highest BCUT2D eigenvalue weighted by Crippen LogP contribution is 2.52. The minimum Gasteiger partial charge on any atom is -0.330 e. The van der Waals surface area contributed by atoms with Crippen LogP contribution in [0.1, 0.15) is 59.8 Å². The van der Waals surface area contributed by atoms with Crippen molar-refractivity contribution < 1.29 is 0 Å². The largest absolute Gasteiger partial charge is 0.330 e.